The van der Waals surface area contributed by atoms with Crippen molar-refractivity contribution >= 4 is 5.91 Å². The minimum Gasteiger partial charge on any atom is -0.501 e. The summed E-state index contributed by atoms with van der Waals surface area (Å²) < 4.78 is 38.6. The molecule has 1 aliphatic carbocycles. The first-order chi connectivity index (χ1) is 13.1. The van der Waals surface area contributed by atoms with Gasteiger partial charge >= 0.3 is 11.9 Å². The number of aromatic amines is 2. The van der Waals surface area contributed by atoms with Crippen LogP contribution in [0.5, 0.6) is 5.75 Å². The molecule has 28 heavy (non-hydrogen) atoms. The molecule has 4 N–H and O–H groups in total. The third kappa shape index (κ3) is 4.26. The Morgan fingerprint density at radius 3 is 2.43 bits per heavy atom. The quantitative estimate of drug-likeness (QED) is 0.636. The molecule has 0 spiro atoms. The zero-order valence-electron chi connectivity index (χ0n) is 14.6. The highest BCUT2D eigenvalue weighted by Gasteiger charge is 2.32. The van der Waals surface area contributed by atoms with E-state index in [9.17, 15) is 32.7 Å². The molecule has 0 aliphatic heterocycles. The Morgan fingerprint density at radius 1 is 1.11 bits per heavy atom. The van der Waals surface area contributed by atoms with E-state index in [-0.39, 0.29) is 12.0 Å². The number of rotatable bonds is 3. The number of H-pyrrole nitrogens is 2. The van der Waals surface area contributed by atoms with E-state index in [1.54, 1.807) is 11.1 Å². The third-order valence-corrected chi connectivity index (χ3v) is 4.89. The average Bonchev–Trinajstić information content (AvgIpc) is 2.64. The second kappa shape index (κ2) is 7.53. The summed E-state index contributed by atoms with van der Waals surface area (Å²) >= 11 is 0. The highest BCUT2D eigenvalue weighted by molar-refractivity contribution is 5.94. The van der Waals surface area contributed by atoms with Gasteiger partial charge in [0, 0.05) is 6.04 Å². The molecule has 0 atom stereocenters. The van der Waals surface area contributed by atoms with Crippen molar-refractivity contribution in [1.82, 2.24) is 15.3 Å². The van der Waals surface area contributed by atoms with Gasteiger partial charge in [-0.25, -0.2) is 4.79 Å². The number of aromatic hydroxyl groups is 1. The lowest BCUT2D eigenvalue weighted by atomic mass is 9.81. The molecule has 1 aromatic carbocycles. The molecule has 2 aromatic rings. The SMILES string of the molecule is O=C(N[C@H]1CC[C@H](c2cccc(C(F)(F)F)c2)CC1)c1[nH]c(=O)[nH]c(=O)c1O. The Morgan fingerprint density at radius 2 is 1.79 bits per heavy atom. The summed E-state index contributed by atoms with van der Waals surface area (Å²) in [4.78, 5) is 38.8. The second-order valence-corrected chi connectivity index (χ2v) is 6.78. The van der Waals surface area contributed by atoms with Crippen LogP contribution in [0.3, 0.4) is 0 Å². The van der Waals surface area contributed by atoms with Gasteiger partial charge in [-0.15, -0.1) is 0 Å². The largest absolute Gasteiger partial charge is 0.501 e. The number of alkyl halides is 3. The number of amides is 1. The lowest BCUT2D eigenvalue weighted by Gasteiger charge is -2.29. The van der Waals surface area contributed by atoms with Gasteiger partial charge in [-0.2, -0.15) is 13.2 Å². The Bertz CT molecular complexity index is 989. The van der Waals surface area contributed by atoms with E-state index in [1.807, 2.05) is 0 Å². The van der Waals surface area contributed by atoms with Crippen LogP contribution in [0.2, 0.25) is 0 Å². The number of carbonyl (C=O) groups excluding carboxylic acids is 1. The Labute approximate surface area is 156 Å². The summed E-state index contributed by atoms with van der Waals surface area (Å²) in [7, 11) is 0. The predicted molar refractivity (Wildman–Crippen MR) is 93.3 cm³/mol. The molecule has 1 aliphatic rings. The number of aromatic nitrogens is 2. The first-order valence-electron chi connectivity index (χ1n) is 8.68. The van der Waals surface area contributed by atoms with Gasteiger partial charge in [0.15, 0.2) is 5.69 Å². The molecule has 0 saturated heterocycles. The molecule has 3 rings (SSSR count). The van der Waals surface area contributed by atoms with E-state index in [4.69, 9.17) is 0 Å². The molecule has 1 amide bonds. The topological polar surface area (TPSA) is 115 Å². The van der Waals surface area contributed by atoms with Crippen LogP contribution in [-0.4, -0.2) is 27.0 Å². The number of nitrogens with one attached hydrogen (secondary N) is 3. The number of benzene rings is 1. The lowest BCUT2D eigenvalue weighted by Crippen LogP contribution is -2.39. The summed E-state index contributed by atoms with van der Waals surface area (Å²) in [6.07, 6.45) is -2.22. The summed E-state index contributed by atoms with van der Waals surface area (Å²) in [5.74, 6) is -1.72. The Balaban J connectivity index is 1.64. The Kier molecular flexibility index (Phi) is 5.30. The van der Waals surface area contributed by atoms with Crippen molar-refractivity contribution in [2.45, 2.75) is 43.8 Å². The van der Waals surface area contributed by atoms with Crippen LogP contribution in [0.4, 0.5) is 13.2 Å². The van der Waals surface area contributed by atoms with Crippen LogP contribution < -0.4 is 16.6 Å². The number of hydrogen-bond acceptors (Lipinski definition) is 4. The Hall–Kier alpha value is -3.04. The van der Waals surface area contributed by atoms with E-state index >= 15 is 0 Å². The summed E-state index contributed by atoms with van der Waals surface area (Å²) in [6.45, 7) is 0. The number of halogens is 3. The molecule has 0 unspecified atom stereocenters. The molecule has 7 nitrogen and oxygen atoms in total. The van der Waals surface area contributed by atoms with E-state index in [0.29, 0.717) is 31.2 Å². The van der Waals surface area contributed by atoms with Crippen molar-refractivity contribution in [1.29, 1.82) is 0 Å². The number of carbonyl (C=O) groups is 1. The molecule has 1 heterocycles. The van der Waals surface area contributed by atoms with Crippen LogP contribution in [0, 0.1) is 0 Å². The predicted octanol–water partition coefficient (Wildman–Crippen LogP) is 2.24. The maximum absolute atomic E-state index is 12.9. The van der Waals surface area contributed by atoms with Gasteiger partial charge in [0.1, 0.15) is 0 Å². The van der Waals surface area contributed by atoms with E-state index < -0.39 is 40.3 Å². The van der Waals surface area contributed by atoms with Gasteiger partial charge in [0.25, 0.3) is 11.5 Å². The second-order valence-electron chi connectivity index (χ2n) is 6.78. The summed E-state index contributed by atoms with van der Waals surface area (Å²) in [5, 5.41) is 12.3. The fourth-order valence-electron chi connectivity index (χ4n) is 3.44. The van der Waals surface area contributed by atoms with Crippen molar-refractivity contribution in [2.24, 2.45) is 0 Å². The van der Waals surface area contributed by atoms with E-state index in [2.05, 4.69) is 10.3 Å². The third-order valence-electron chi connectivity index (χ3n) is 4.89. The van der Waals surface area contributed by atoms with Crippen LogP contribution in [0.1, 0.15) is 53.2 Å². The minimum absolute atomic E-state index is 0.0526. The van der Waals surface area contributed by atoms with Gasteiger partial charge < -0.3 is 10.4 Å². The molecular weight excluding hydrogens is 379 g/mol. The van der Waals surface area contributed by atoms with Crippen molar-refractivity contribution in [3.8, 4) is 5.75 Å². The average molecular weight is 397 g/mol. The zero-order valence-corrected chi connectivity index (χ0v) is 14.6. The zero-order chi connectivity index (χ0) is 20.5. The van der Waals surface area contributed by atoms with Gasteiger partial charge in [-0.1, -0.05) is 18.2 Å². The lowest BCUT2D eigenvalue weighted by molar-refractivity contribution is -0.137. The number of hydrogen-bond donors (Lipinski definition) is 4. The van der Waals surface area contributed by atoms with Crippen LogP contribution >= 0.6 is 0 Å². The monoisotopic (exact) mass is 397 g/mol. The van der Waals surface area contributed by atoms with Crippen molar-refractivity contribution < 1.29 is 23.1 Å². The molecule has 150 valence electrons. The standard InChI is InChI=1S/C18H18F3N3O4/c19-18(20,21)11-3-1-2-10(8-11)9-4-6-12(7-5-9)22-15(26)13-14(25)16(27)24-17(28)23-13/h1-3,8-9,12,25H,4-7H2,(H,22,26)(H2,23,24,27,28)/t9-,12-. The van der Waals surface area contributed by atoms with E-state index in [1.165, 1.54) is 6.07 Å². The van der Waals surface area contributed by atoms with E-state index in [0.717, 1.165) is 12.1 Å². The normalized spacial score (nSPS) is 20.0. The molecule has 1 aromatic heterocycles. The van der Waals surface area contributed by atoms with Gasteiger partial charge in [0.2, 0.25) is 5.75 Å². The molecule has 1 saturated carbocycles. The maximum atomic E-state index is 12.9. The summed E-state index contributed by atoms with van der Waals surface area (Å²) in [5.41, 5.74) is -2.58. The highest BCUT2D eigenvalue weighted by Crippen LogP contribution is 2.36. The van der Waals surface area contributed by atoms with Crippen molar-refractivity contribution in [3.63, 3.8) is 0 Å². The first kappa shape index (κ1) is 19.7. The molecular formula is C18H18F3N3O4. The van der Waals surface area contributed by atoms with Crippen molar-refractivity contribution in [2.75, 3.05) is 0 Å². The fourth-order valence-corrected chi connectivity index (χ4v) is 3.44. The van der Waals surface area contributed by atoms with Gasteiger partial charge in [-0.05, 0) is 43.2 Å². The minimum atomic E-state index is -4.40. The van der Waals surface area contributed by atoms with Crippen LogP contribution in [-0.2, 0) is 6.18 Å². The van der Waals surface area contributed by atoms with Crippen LogP contribution in [0.15, 0.2) is 33.9 Å². The van der Waals surface area contributed by atoms with Crippen molar-refractivity contribution in [3.05, 3.63) is 61.9 Å². The smallest absolute Gasteiger partial charge is 0.416 e. The summed E-state index contributed by atoms with van der Waals surface area (Å²) in [6, 6.07) is 4.96. The van der Waals surface area contributed by atoms with Gasteiger partial charge in [0.05, 0.1) is 5.56 Å². The molecule has 10 heteroatoms. The fraction of sp³-hybridized carbons (Fsp3) is 0.389. The van der Waals surface area contributed by atoms with Gasteiger partial charge in [-0.3, -0.25) is 19.6 Å². The highest BCUT2D eigenvalue weighted by atomic mass is 19.4. The maximum Gasteiger partial charge on any atom is 0.416 e. The molecule has 1 fully saturated rings. The van der Waals surface area contributed by atoms with Crippen LogP contribution in [0.25, 0.3) is 0 Å². The first-order valence-corrected chi connectivity index (χ1v) is 8.68. The molecule has 0 bridgehead atoms. The molecule has 0 radical (unpaired) electrons.